The first-order chi connectivity index (χ1) is 18.4. The molecule has 1 aliphatic rings. The Kier molecular flexibility index (Phi) is 7.72. The summed E-state index contributed by atoms with van der Waals surface area (Å²) in [5.74, 6) is -0.444. The van der Waals surface area contributed by atoms with Crippen LogP contribution in [0.1, 0.15) is 62.9 Å². The molecular formula is C32H35NO6. The van der Waals surface area contributed by atoms with E-state index < -0.39 is 23.3 Å². The standard InChI is InChI=1S/C32H35NO6/c1-19(2)38-25-16-13-22(17-20(25)3)29(35)27-28(21-11-14-24(34)15-12-21)33(31(37)30(27)36)18-23-9-7-8-10-26(23)39-32(4,5)6/h7-17,19,28,34-35H,18H2,1-6H3/b29-27-. The molecule has 0 radical (unpaired) electrons. The Labute approximate surface area is 229 Å². The van der Waals surface area contributed by atoms with Crippen LogP contribution in [0.5, 0.6) is 17.2 Å². The third kappa shape index (κ3) is 6.08. The van der Waals surface area contributed by atoms with Crippen LogP contribution < -0.4 is 9.47 Å². The lowest BCUT2D eigenvalue weighted by atomic mass is 9.94. The number of ether oxygens (including phenoxy) is 2. The molecule has 39 heavy (non-hydrogen) atoms. The van der Waals surface area contributed by atoms with E-state index in [0.29, 0.717) is 22.6 Å². The van der Waals surface area contributed by atoms with Gasteiger partial charge in [0.15, 0.2) is 0 Å². The van der Waals surface area contributed by atoms with Crippen LogP contribution >= 0.6 is 0 Å². The molecule has 7 heteroatoms. The predicted molar refractivity (Wildman–Crippen MR) is 150 cm³/mol. The fourth-order valence-corrected chi connectivity index (χ4v) is 4.63. The lowest BCUT2D eigenvalue weighted by Gasteiger charge is -2.28. The van der Waals surface area contributed by atoms with Gasteiger partial charge in [-0.15, -0.1) is 0 Å². The minimum Gasteiger partial charge on any atom is -0.508 e. The van der Waals surface area contributed by atoms with Gasteiger partial charge in [-0.05, 0) is 89.1 Å². The maximum absolute atomic E-state index is 13.5. The number of hydrogen-bond acceptors (Lipinski definition) is 6. The Bertz CT molecular complexity index is 1420. The molecule has 3 aromatic carbocycles. The number of carbonyl (C=O) groups is 2. The highest BCUT2D eigenvalue weighted by atomic mass is 16.5. The minimum atomic E-state index is -0.875. The van der Waals surface area contributed by atoms with Crippen molar-refractivity contribution >= 4 is 17.4 Å². The van der Waals surface area contributed by atoms with Crippen molar-refractivity contribution in [2.45, 2.75) is 65.8 Å². The number of carbonyl (C=O) groups excluding carboxylic acids is 2. The zero-order chi connectivity index (χ0) is 28.5. The van der Waals surface area contributed by atoms with Gasteiger partial charge in [-0.25, -0.2) is 0 Å². The van der Waals surface area contributed by atoms with Gasteiger partial charge < -0.3 is 24.6 Å². The van der Waals surface area contributed by atoms with E-state index in [2.05, 4.69) is 0 Å². The second-order valence-electron chi connectivity index (χ2n) is 11.0. The van der Waals surface area contributed by atoms with Crippen molar-refractivity contribution in [3.63, 3.8) is 0 Å². The van der Waals surface area contributed by atoms with E-state index in [0.717, 1.165) is 11.1 Å². The number of rotatable bonds is 7. The van der Waals surface area contributed by atoms with Gasteiger partial charge in [-0.2, -0.15) is 0 Å². The molecule has 204 valence electrons. The Morgan fingerprint density at radius 3 is 2.26 bits per heavy atom. The highest BCUT2D eigenvalue weighted by molar-refractivity contribution is 6.46. The van der Waals surface area contributed by atoms with E-state index in [-0.39, 0.29) is 29.7 Å². The number of aliphatic hydroxyl groups excluding tert-OH is 1. The zero-order valence-corrected chi connectivity index (χ0v) is 23.2. The molecule has 1 unspecified atom stereocenters. The zero-order valence-electron chi connectivity index (χ0n) is 23.2. The number of amides is 1. The van der Waals surface area contributed by atoms with Crippen molar-refractivity contribution in [3.05, 3.63) is 94.6 Å². The molecule has 7 nitrogen and oxygen atoms in total. The summed E-state index contributed by atoms with van der Waals surface area (Å²) >= 11 is 0. The summed E-state index contributed by atoms with van der Waals surface area (Å²) in [6.07, 6.45) is -0.0203. The molecule has 1 atom stereocenters. The first kappa shape index (κ1) is 27.8. The lowest BCUT2D eigenvalue weighted by Crippen LogP contribution is -2.30. The number of benzene rings is 3. The monoisotopic (exact) mass is 529 g/mol. The number of nitrogens with zero attached hydrogens (tertiary/aromatic N) is 1. The summed E-state index contributed by atoms with van der Waals surface area (Å²) < 4.78 is 11.9. The molecule has 1 amide bonds. The molecule has 1 heterocycles. The van der Waals surface area contributed by atoms with Gasteiger partial charge in [0.05, 0.1) is 24.3 Å². The highest BCUT2D eigenvalue weighted by Gasteiger charge is 2.46. The molecule has 0 bridgehead atoms. The van der Waals surface area contributed by atoms with Gasteiger partial charge in [0.1, 0.15) is 28.6 Å². The van der Waals surface area contributed by atoms with Gasteiger partial charge in [0, 0.05) is 11.1 Å². The Balaban J connectivity index is 1.82. The number of aliphatic hydroxyl groups is 1. The Morgan fingerprint density at radius 2 is 1.64 bits per heavy atom. The quantitative estimate of drug-likeness (QED) is 0.212. The summed E-state index contributed by atoms with van der Waals surface area (Å²) in [4.78, 5) is 28.4. The van der Waals surface area contributed by atoms with E-state index in [1.807, 2.05) is 65.8 Å². The highest BCUT2D eigenvalue weighted by Crippen LogP contribution is 2.42. The second-order valence-corrected chi connectivity index (χ2v) is 11.0. The molecule has 1 fully saturated rings. The number of hydrogen-bond donors (Lipinski definition) is 2. The van der Waals surface area contributed by atoms with Crippen molar-refractivity contribution < 1.29 is 29.3 Å². The molecule has 4 rings (SSSR count). The van der Waals surface area contributed by atoms with Crippen LogP contribution in [0.4, 0.5) is 0 Å². The maximum Gasteiger partial charge on any atom is 0.295 e. The van der Waals surface area contributed by atoms with Crippen LogP contribution in [0.15, 0.2) is 72.3 Å². The van der Waals surface area contributed by atoms with Crippen molar-refractivity contribution in [2.75, 3.05) is 0 Å². The number of phenols is 1. The molecular weight excluding hydrogens is 494 g/mol. The number of aromatic hydroxyl groups is 1. The van der Waals surface area contributed by atoms with Gasteiger partial charge in [-0.1, -0.05) is 30.3 Å². The van der Waals surface area contributed by atoms with E-state index in [1.165, 1.54) is 17.0 Å². The first-order valence-corrected chi connectivity index (χ1v) is 13.0. The number of ketones is 1. The molecule has 0 saturated carbocycles. The van der Waals surface area contributed by atoms with Crippen molar-refractivity contribution in [1.82, 2.24) is 4.90 Å². The van der Waals surface area contributed by atoms with E-state index in [1.54, 1.807) is 30.3 Å². The normalized spacial score (nSPS) is 17.1. The summed E-state index contributed by atoms with van der Waals surface area (Å²) in [6.45, 7) is 11.6. The molecule has 0 aliphatic carbocycles. The summed E-state index contributed by atoms with van der Waals surface area (Å²) in [7, 11) is 0. The third-order valence-corrected chi connectivity index (χ3v) is 6.29. The third-order valence-electron chi connectivity index (χ3n) is 6.29. The first-order valence-electron chi connectivity index (χ1n) is 13.0. The largest absolute Gasteiger partial charge is 0.508 e. The average Bonchev–Trinajstić information content (AvgIpc) is 3.10. The van der Waals surface area contributed by atoms with Gasteiger partial charge in [0.2, 0.25) is 0 Å². The van der Waals surface area contributed by atoms with Crippen molar-refractivity contribution in [3.8, 4) is 17.2 Å². The SMILES string of the molecule is Cc1cc(/C(O)=C2/C(=O)C(=O)N(Cc3ccccc3OC(C)(C)C)C2c2ccc(O)cc2)ccc1OC(C)C. The van der Waals surface area contributed by atoms with E-state index >= 15 is 0 Å². The smallest absolute Gasteiger partial charge is 0.295 e. The average molecular weight is 530 g/mol. The topological polar surface area (TPSA) is 96.3 Å². The summed E-state index contributed by atoms with van der Waals surface area (Å²) in [5, 5.41) is 21.3. The molecule has 0 spiro atoms. The van der Waals surface area contributed by atoms with Gasteiger partial charge in [0.25, 0.3) is 11.7 Å². The fraction of sp³-hybridized carbons (Fsp3) is 0.312. The summed E-state index contributed by atoms with van der Waals surface area (Å²) in [6, 6.07) is 17.9. The number of phenolic OH excluding ortho intramolecular Hbond substituents is 1. The predicted octanol–water partition coefficient (Wildman–Crippen LogP) is 6.29. The van der Waals surface area contributed by atoms with Crippen LogP contribution in [-0.4, -0.2) is 38.5 Å². The number of Topliss-reactive ketones (excluding diaryl/α,β-unsaturated/α-hetero) is 1. The van der Waals surface area contributed by atoms with Crippen molar-refractivity contribution in [2.24, 2.45) is 0 Å². The maximum atomic E-state index is 13.5. The molecule has 1 aliphatic heterocycles. The minimum absolute atomic E-state index is 0.0168. The Hall–Kier alpha value is -4.26. The van der Waals surface area contributed by atoms with E-state index in [4.69, 9.17) is 9.47 Å². The molecule has 2 N–H and O–H groups in total. The lowest BCUT2D eigenvalue weighted by molar-refractivity contribution is -0.140. The van der Waals surface area contributed by atoms with Crippen LogP contribution in [0.2, 0.25) is 0 Å². The van der Waals surface area contributed by atoms with E-state index in [9.17, 15) is 19.8 Å². The number of likely N-dealkylation sites (tertiary alicyclic amines) is 1. The van der Waals surface area contributed by atoms with Crippen LogP contribution in [0.25, 0.3) is 5.76 Å². The number of para-hydroxylation sites is 1. The van der Waals surface area contributed by atoms with Gasteiger partial charge >= 0.3 is 0 Å². The molecule has 0 aromatic heterocycles. The molecule has 1 saturated heterocycles. The van der Waals surface area contributed by atoms with Crippen molar-refractivity contribution in [1.29, 1.82) is 0 Å². The van der Waals surface area contributed by atoms with Crippen LogP contribution in [0.3, 0.4) is 0 Å². The fourth-order valence-electron chi connectivity index (χ4n) is 4.63. The second kappa shape index (κ2) is 10.8. The van der Waals surface area contributed by atoms with Gasteiger partial charge in [-0.3, -0.25) is 9.59 Å². The molecule has 3 aromatic rings. The van der Waals surface area contributed by atoms with Crippen LogP contribution in [-0.2, 0) is 16.1 Å². The number of aryl methyl sites for hydroxylation is 1. The van der Waals surface area contributed by atoms with Crippen LogP contribution in [0, 0.1) is 6.92 Å². The Morgan fingerprint density at radius 1 is 0.974 bits per heavy atom. The summed E-state index contributed by atoms with van der Waals surface area (Å²) in [5.41, 5.74) is 2.02.